The van der Waals surface area contributed by atoms with Gasteiger partial charge in [0.05, 0.1) is 11.8 Å². The van der Waals surface area contributed by atoms with Crippen LogP contribution in [0.2, 0.25) is 0 Å². The SMILES string of the molecule is CCC(OC(=O)OC(C)(C)C)OC(=O)c1cc2occc2[nH]1. The number of ether oxygens (including phenoxy) is 3. The highest BCUT2D eigenvalue weighted by atomic mass is 16.8. The van der Waals surface area contributed by atoms with E-state index in [-0.39, 0.29) is 5.69 Å². The van der Waals surface area contributed by atoms with E-state index in [1.54, 1.807) is 33.8 Å². The van der Waals surface area contributed by atoms with Gasteiger partial charge in [0.1, 0.15) is 11.3 Å². The third-order valence-corrected chi connectivity index (χ3v) is 2.65. The first-order chi connectivity index (χ1) is 10.3. The van der Waals surface area contributed by atoms with E-state index in [0.717, 1.165) is 0 Å². The fourth-order valence-electron chi connectivity index (χ4n) is 1.71. The van der Waals surface area contributed by atoms with Crippen molar-refractivity contribution in [2.45, 2.75) is 46.0 Å². The van der Waals surface area contributed by atoms with Crippen molar-refractivity contribution in [1.82, 2.24) is 4.98 Å². The van der Waals surface area contributed by atoms with Gasteiger partial charge in [0, 0.05) is 18.6 Å². The zero-order chi connectivity index (χ0) is 16.3. The molecule has 1 N–H and O–H groups in total. The number of nitrogens with one attached hydrogen (secondary N) is 1. The van der Waals surface area contributed by atoms with E-state index in [0.29, 0.717) is 17.5 Å². The van der Waals surface area contributed by atoms with Crippen molar-refractivity contribution in [2.24, 2.45) is 0 Å². The molecule has 0 radical (unpaired) electrons. The van der Waals surface area contributed by atoms with E-state index < -0.39 is 24.0 Å². The number of fused-ring (bicyclic) bond motifs is 1. The Morgan fingerprint density at radius 1 is 1.32 bits per heavy atom. The summed E-state index contributed by atoms with van der Waals surface area (Å²) in [5, 5.41) is 0. The van der Waals surface area contributed by atoms with E-state index in [9.17, 15) is 9.59 Å². The number of hydrogen-bond acceptors (Lipinski definition) is 6. The van der Waals surface area contributed by atoms with Gasteiger partial charge in [-0.15, -0.1) is 0 Å². The molecule has 0 aromatic carbocycles. The monoisotopic (exact) mass is 309 g/mol. The first-order valence-corrected chi connectivity index (χ1v) is 6.95. The second kappa shape index (κ2) is 6.13. The smallest absolute Gasteiger partial charge is 0.463 e. The number of carbonyl (C=O) groups is 2. The molecule has 2 aromatic rings. The van der Waals surface area contributed by atoms with Gasteiger partial charge in [0.25, 0.3) is 6.29 Å². The molecule has 2 heterocycles. The molecule has 0 saturated heterocycles. The summed E-state index contributed by atoms with van der Waals surface area (Å²) in [6, 6.07) is 3.22. The molecule has 0 saturated carbocycles. The molecule has 0 aliphatic carbocycles. The van der Waals surface area contributed by atoms with Crippen LogP contribution in [-0.4, -0.2) is 29.0 Å². The first kappa shape index (κ1) is 15.9. The standard InChI is InChI=1S/C15H19NO6/c1-5-12(21-14(18)22-15(2,3)4)20-13(17)10-8-11-9(16-10)6-7-19-11/h6-8,12,16H,5H2,1-4H3. The van der Waals surface area contributed by atoms with Gasteiger partial charge in [-0.1, -0.05) is 6.92 Å². The molecule has 1 unspecified atom stereocenters. The third-order valence-electron chi connectivity index (χ3n) is 2.65. The highest BCUT2D eigenvalue weighted by Crippen LogP contribution is 2.18. The van der Waals surface area contributed by atoms with Crippen LogP contribution in [0.15, 0.2) is 22.8 Å². The maximum Gasteiger partial charge on any atom is 0.511 e. The van der Waals surface area contributed by atoms with Gasteiger partial charge in [0.2, 0.25) is 0 Å². The molecule has 0 aliphatic heterocycles. The second-order valence-electron chi connectivity index (χ2n) is 5.71. The van der Waals surface area contributed by atoms with E-state index in [1.807, 2.05) is 0 Å². The Labute approximate surface area is 127 Å². The number of H-pyrrole nitrogens is 1. The van der Waals surface area contributed by atoms with E-state index in [2.05, 4.69) is 4.98 Å². The molecule has 2 aromatic heterocycles. The van der Waals surface area contributed by atoms with Crippen molar-refractivity contribution in [2.75, 3.05) is 0 Å². The van der Waals surface area contributed by atoms with Gasteiger partial charge in [0.15, 0.2) is 5.58 Å². The molecule has 1 atom stereocenters. The Morgan fingerprint density at radius 3 is 2.64 bits per heavy atom. The molecule has 0 aliphatic rings. The van der Waals surface area contributed by atoms with Crippen LogP contribution in [0.25, 0.3) is 11.1 Å². The second-order valence-corrected chi connectivity index (χ2v) is 5.71. The predicted octanol–water partition coefficient (Wildman–Crippen LogP) is 3.61. The van der Waals surface area contributed by atoms with Crippen molar-refractivity contribution >= 4 is 23.2 Å². The number of esters is 1. The summed E-state index contributed by atoms with van der Waals surface area (Å²) in [4.78, 5) is 26.5. The highest BCUT2D eigenvalue weighted by Gasteiger charge is 2.24. The van der Waals surface area contributed by atoms with Crippen molar-refractivity contribution in [3.8, 4) is 0 Å². The van der Waals surface area contributed by atoms with Crippen LogP contribution in [0.5, 0.6) is 0 Å². The Hall–Kier alpha value is -2.44. The number of rotatable bonds is 4. The minimum Gasteiger partial charge on any atom is -0.463 e. The lowest BCUT2D eigenvalue weighted by Gasteiger charge is -2.21. The molecule has 7 nitrogen and oxygen atoms in total. The number of hydrogen-bond donors (Lipinski definition) is 1. The minimum atomic E-state index is -1.02. The number of furan rings is 1. The topological polar surface area (TPSA) is 90.8 Å². The molecular weight excluding hydrogens is 290 g/mol. The van der Waals surface area contributed by atoms with Crippen LogP contribution in [0.3, 0.4) is 0 Å². The summed E-state index contributed by atoms with van der Waals surface area (Å²) in [7, 11) is 0. The molecule has 120 valence electrons. The Kier molecular flexibility index (Phi) is 4.44. The average Bonchev–Trinajstić information content (AvgIpc) is 2.95. The van der Waals surface area contributed by atoms with Gasteiger partial charge < -0.3 is 23.6 Å². The van der Waals surface area contributed by atoms with Crippen molar-refractivity contribution in [3.05, 3.63) is 24.1 Å². The predicted molar refractivity (Wildman–Crippen MR) is 77.4 cm³/mol. The van der Waals surface area contributed by atoms with Crippen LogP contribution in [-0.2, 0) is 14.2 Å². The van der Waals surface area contributed by atoms with E-state index >= 15 is 0 Å². The lowest BCUT2D eigenvalue weighted by atomic mass is 10.2. The summed E-state index contributed by atoms with van der Waals surface area (Å²) < 4.78 is 20.3. The normalized spacial score (nSPS) is 12.9. The maximum absolute atomic E-state index is 12.0. The summed E-state index contributed by atoms with van der Waals surface area (Å²) in [6.45, 7) is 6.88. The lowest BCUT2D eigenvalue weighted by Crippen LogP contribution is -2.29. The van der Waals surface area contributed by atoms with Crippen LogP contribution in [0.1, 0.15) is 44.6 Å². The number of carbonyl (C=O) groups excluding carboxylic acids is 2. The summed E-state index contributed by atoms with van der Waals surface area (Å²) >= 11 is 0. The van der Waals surface area contributed by atoms with Crippen molar-refractivity contribution in [3.63, 3.8) is 0 Å². The Morgan fingerprint density at radius 2 is 2.05 bits per heavy atom. The molecule has 7 heteroatoms. The van der Waals surface area contributed by atoms with Gasteiger partial charge >= 0.3 is 12.1 Å². The molecule has 0 amide bonds. The van der Waals surface area contributed by atoms with Crippen LogP contribution in [0, 0.1) is 0 Å². The molecule has 22 heavy (non-hydrogen) atoms. The fourth-order valence-corrected chi connectivity index (χ4v) is 1.71. The van der Waals surface area contributed by atoms with Crippen LogP contribution < -0.4 is 0 Å². The van der Waals surface area contributed by atoms with E-state index in [4.69, 9.17) is 18.6 Å². The molecule has 0 bridgehead atoms. The first-order valence-electron chi connectivity index (χ1n) is 6.95. The molecular formula is C15H19NO6. The van der Waals surface area contributed by atoms with Crippen molar-refractivity contribution < 1.29 is 28.2 Å². The molecule has 2 rings (SSSR count). The maximum atomic E-state index is 12.0. The van der Waals surface area contributed by atoms with Gasteiger partial charge in [-0.3, -0.25) is 0 Å². The van der Waals surface area contributed by atoms with Crippen LogP contribution >= 0.6 is 0 Å². The van der Waals surface area contributed by atoms with Gasteiger partial charge in [-0.2, -0.15) is 0 Å². The quantitative estimate of drug-likeness (QED) is 0.685. The Bertz CT molecular complexity index is 634. The zero-order valence-corrected chi connectivity index (χ0v) is 13.0. The number of aromatic nitrogens is 1. The zero-order valence-electron chi connectivity index (χ0n) is 13.0. The average molecular weight is 309 g/mol. The van der Waals surface area contributed by atoms with Gasteiger partial charge in [-0.05, 0) is 20.8 Å². The largest absolute Gasteiger partial charge is 0.511 e. The lowest BCUT2D eigenvalue weighted by molar-refractivity contribution is -0.107. The molecule has 0 fully saturated rings. The summed E-state index contributed by atoms with van der Waals surface area (Å²) in [5.74, 6) is -0.637. The summed E-state index contributed by atoms with van der Waals surface area (Å²) in [6.07, 6.45) is -0.0807. The van der Waals surface area contributed by atoms with E-state index in [1.165, 1.54) is 12.3 Å². The molecule has 0 spiro atoms. The van der Waals surface area contributed by atoms with Gasteiger partial charge in [-0.25, -0.2) is 9.59 Å². The Balaban J connectivity index is 1.96. The third kappa shape index (κ3) is 4.03. The minimum absolute atomic E-state index is 0.223. The highest BCUT2D eigenvalue weighted by molar-refractivity contribution is 5.93. The van der Waals surface area contributed by atoms with Crippen molar-refractivity contribution in [1.29, 1.82) is 0 Å². The number of aromatic amines is 1. The summed E-state index contributed by atoms with van der Waals surface area (Å²) in [5.41, 5.74) is 0.783. The fraction of sp³-hybridized carbons (Fsp3) is 0.467. The van der Waals surface area contributed by atoms with Crippen LogP contribution in [0.4, 0.5) is 4.79 Å².